The normalized spacial score (nSPS) is 11.2. The Kier molecular flexibility index (Phi) is 3.07. The molecular weight excluding hydrogens is 180 g/mol. The summed E-state index contributed by atoms with van der Waals surface area (Å²) in [6, 6.07) is 4.31. The second-order valence-corrected chi connectivity index (χ2v) is 4.62. The summed E-state index contributed by atoms with van der Waals surface area (Å²) >= 11 is 1.73. The van der Waals surface area contributed by atoms with Gasteiger partial charge in [-0.2, -0.15) is 5.26 Å². The monoisotopic (exact) mass is 194 g/mol. The second-order valence-electron chi connectivity index (χ2n) is 3.62. The standard InChI is InChI=1S/C10H14N2S/c1-8-4-5-13-9(8)6-12-10(2,3)7-11/h4-5,12H,6H2,1-3H3. The molecule has 0 aliphatic carbocycles. The Morgan fingerprint density at radius 3 is 2.77 bits per heavy atom. The van der Waals surface area contributed by atoms with Crippen LogP contribution in [0.4, 0.5) is 0 Å². The fraction of sp³-hybridized carbons (Fsp3) is 0.500. The molecule has 2 nitrogen and oxygen atoms in total. The van der Waals surface area contributed by atoms with E-state index in [2.05, 4.69) is 29.8 Å². The first kappa shape index (κ1) is 10.2. The van der Waals surface area contributed by atoms with Gasteiger partial charge in [0, 0.05) is 11.4 Å². The van der Waals surface area contributed by atoms with Crippen molar-refractivity contribution in [2.75, 3.05) is 0 Å². The summed E-state index contributed by atoms with van der Waals surface area (Å²) in [6.07, 6.45) is 0. The Morgan fingerprint density at radius 1 is 1.62 bits per heavy atom. The summed E-state index contributed by atoms with van der Waals surface area (Å²) in [5, 5.41) is 14.1. The number of nitrogens with zero attached hydrogens (tertiary/aromatic N) is 1. The topological polar surface area (TPSA) is 35.8 Å². The quantitative estimate of drug-likeness (QED) is 0.802. The lowest BCUT2D eigenvalue weighted by atomic mass is 10.1. The van der Waals surface area contributed by atoms with Gasteiger partial charge >= 0.3 is 0 Å². The molecular formula is C10H14N2S. The van der Waals surface area contributed by atoms with Crippen LogP contribution in [-0.4, -0.2) is 5.54 Å². The Balaban J connectivity index is 2.54. The molecule has 0 aliphatic heterocycles. The SMILES string of the molecule is Cc1ccsc1CNC(C)(C)C#N. The molecule has 1 aromatic heterocycles. The number of thiophene rings is 1. The average Bonchev–Trinajstić information content (AvgIpc) is 2.48. The molecule has 0 aromatic carbocycles. The van der Waals surface area contributed by atoms with Crippen LogP contribution in [0.1, 0.15) is 24.3 Å². The van der Waals surface area contributed by atoms with E-state index in [1.807, 2.05) is 13.8 Å². The van der Waals surface area contributed by atoms with E-state index in [4.69, 9.17) is 5.26 Å². The molecule has 1 rings (SSSR count). The van der Waals surface area contributed by atoms with Crippen molar-refractivity contribution in [3.05, 3.63) is 21.9 Å². The summed E-state index contributed by atoms with van der Waals surface area (Å²) in [6.45, 7) is 6.64. The zero-order valence-corrected chi connectivity index (χ0v) is 9.03. The van der Waals surface area contributed by atoms with Crippen LogP contribution in [0, 0.1) is 18.3 Å². The Bertz CT molecular complexity index is 320. The fourth-order valence-corrected chi connectivity index (χ4v) is 1.77. The molecule has 0 bridgehead atoms. The molecule has 0 spiro atoms. The molecule has 1 heterocycles. The lowest BCUT2D eigenvalue weighted by Crippen LogP contribution is -2.36. The van der Waals surface area contributed by atoms with Gasteiger partial charge in [0.2, 0.25) is 0 Å². The van der Waals surface area contributed by atoms with Crippen molar-refractivity contribution in [1.29, 1.82) is 5.26 Å². The van der Waals surface area contributed by atoms with Crippen molar-refractivity contribution in [2.24, 2.45) is 0 Å². The van der Waals surface area contributed by atoms with Crippen molar-refractivity contribution >= 4 is 11.3 Å². The summed E-state index contributed by atoms with van der Waals surface area (Å²) in [7, 11) is 0. The molecule has 0 fully saturated rings. The van der Waals surface area contributed by atoms with E-state index in [9.17, 15) is 0 Å². The molecule has 70 valence electrons. The Labute approximate surface area is 83.2 Å². The van der Waals surface area contributed by atoms with E-state index < -0.39 is 5.54 Å². The predicted molar refractivity (Wildman–Crippen MR) is 55.6 cm³/mol. The first-order chi connectivity index (χ1) is 6.05. The maximum absolute atomic E-state index is 8.78. The van der Waals surface area contributed by atoms with Gasteiger partial charge in [0.1, 0.15) is 5.54 Å². The zero-order valence-electron chi connectivity index (χ0n) is 8.22. The van der Waals surface area contributed by atoms with Crippen molar-refractivity contribution in [3.63, 3.8) is 0 Å². The highest BCUT2D eigenvalue weighted by molar-refractivity contribution is 7.10. The third kappa shape index (κ3) is 2.83. The van der Waals surface area contributed by atoms with Gasteiger partial charge in [-0.25, -0.2) is 0 Å². The van der Waals surface area contributed by atoms with Crippen molar-refractivity contribution in [3.8, 4) is 6.07 Å². The van der Waals surface area contributed by atoms with Crippen LogP contribution < -0.4 is 5.32 Å². The van der Waals surface area contributed by atoms with E-state index in [1.54, 1.807) is 11.3 Å². The van der Waals surface area contributed by atoms with Crippen molar-refractivity contribution < 1.29 is 0 Å². The molecule has 1 N–H and O–H groups in total. The summed E-state index contributed by atoms with van der Waals surface area (Å²) < 4.78 is 0. The number of nitrogens with one attached hydrogen (secondary N) is 1. The average molecular weight is 194 g/mol. The van der Waals surface area contributed by atoms with Crippen LogP contribution in [0.15, 0.2) is 11.4 Å². The summed E-state index contributed by atoms with van der Waals surface area (Å²) in [4.78, 5) is 1.31. The maximum atomic E-state index is 8.78. The first-order valence-electron chi connectivity index (χ1n) is 4.24. The van der Waals surface area contributed by atoms with E-state index in [1.165, 1.54) is 10.4 Å². The molecule has 1 aromatic rings. The van der Waals surface area contributed by atoms with Gasteiger partial charge in [0.25, 0.3) is 0 Å². The molecule has 0 amide bonds. The van der Waals surface area contributed by atoms with E-state index >= 15 is 0 Å². The van der Waals surface area contributed by atoms with Crippen LogP contribution in [0.5, 0.6) is 0 Å². The van der Waals surface area contributed by atoms with Gasteiger partial charge in [-0.1, -0.05) is 0 Å². The van der Waals surface area contributed by atoms with Crippen LogP contribution in [-0.2, 0) is 6.54 Å². The van der Waals surface area contributed by atoms with Crippen LogP contribution in [0.3, 0.4) is 0 Å². The second kappa shape index (κ2) is 3.91. The molecule has 13 heavy (non-hydrogen) atoms. The molecule has 0 aliphatic rings. The molecule has 0 atom stereocenters. The van der Waals surface area contributed by atoms with Gasteiger partial charge in [-0.15, -0.1) is 11.3 Å². The summed E-state index contributed by atoms with van der Waals surface area (Å²) in [5.41, 5.74) is 0.863. The number of hydrogen-bond acceptors (Lipinski definition) is 3. The fourth-order valence-electron chi connectivity index (χ4n) is 0.926. The van der Waals surface area contributed by atoms with Gasteiger partial charge in [-0.3, -0.25) is 5.32 Å². The zero-order chi connectivity index (χ0) is 9.90. The maximum Gasteiger partial charge on any atom is 0.101 e. The molecule has 0 radical (unpaired) electrons. The third-order valence-electron chi connectivity index (χ3n) is 1.94. The van der Waals surface area contributed by atoms with Crippen LogP contribution >= 0.6 is 11.3 Å². The highest BCUT2D eigenvalue weighted by Gasteiger charge is 2.15. The minimum atomic E-state index is -0.434. The smallest absolute Gasteiger partial charge is 0.101 e. The minimum absolute atomic E-state index is 0.434. The molecule has 0 saturated carbocycles. The van der Waals surface area contributed by atoms with Gasteiger partial charge in [-0.05, 0) is 37.8 Å². The number of nitriles is 1. The highest BCUT2D eigenvalue weighted by atomic mass is 32.1. The van der Waals surface area contributed by atoms with Gasteiger partial charge < -0.3 is 0 Å². The van der Waals surface area contributed by atoms with E-state index in [0.717, 1.165) is 6.54 Å². The highest BCUT2D eigenvalue weighted by Crippen LogP contribution is 2.16. The first-order valence-corrected chi connectivity index (χ1v) is 5.12. The molecule has 3 heteroatoms. The number of aryl methyl sites for hydroxylation is 1. The summed E-state index contributed by atoms with van der Waals surface area (Å²) in [5.74, 6) is 0. The predicted octanol–water partition coefficient (Wildman–Crippen LogP) is 2.45. The van der Waals surface area contributed by atoms with Crippen LogP contribution in [0.25, 0.3) is 0 Å². The minimum Gasteiger partial charge on any atom is -0.295 e. The Morgan fingerprint density at radius 2 is 2.31 bits per heavy atom. The van der Waals surface area contributed by atoms with Crippen molar-refractivity contribution in [1.82, 2.24) is 5.32 Å². The third-order valence-corrected chi connectivity index (χ3v) is 2.96. The van der Waals surface area contributed by atoms with E-state index in [0.29, 0.717) is 0 Å². The molecule has 0 saturated heterocycles. The Hall–Kier alpha value is -0.850. The lowest BCUT2D eigenvalue weighted by molar-refractivity contribution is 0.487. The number of rotatable bonds is 3. The van der Waals surface area contributed by atoms with E-state index in [-0.39, 0.29) is 0 Å². The molecule has 0 unspecified atom stereocenters. The van der Waals surface area contributed by atoms with Gasteiger partial charge in [0.05, 0.1) is 6.07 Å². The number of hydrogen-bond donors (Lipinski definition) is 1. The van der Waals surface area contributed by atoms with Crippen molar-refractivity contribution in [2.45, 2.75) is 32.9 Å². The van der Waals surface area contributed by atoms with Crippen LogP contribution in [0.2, 0.25) is 0 Å². The largest absolute Gasteiger partial charge is 0.295 e. The lowest BCUT2D eigenvalue weighted by Gasteiger charge is -2.16. The van der Waals surface area contributed by atoms with Gasteiger partial charge in [0.15, 0.2) is 0 Å².